The van der Waals surface area contributed by atoms with Crippen LogP contribution in [0, 0.1) is 0 Å². The highest BCUT2D eigenvalue weighted by Crippen LogP contribution is 2.25. The van der Waals surface area contributed by atoms with Crippen LogP contribution in [0.25, 0.3) is 11.0 Å². The Kier molecular flexibility index (Phi) is 5.72. The van der Waals surface area contributed by atoms with Crippen molar-refractivity contribution in [2.75, 3.05) is 30.3 Å². The molecule has 0 unspecified atom stereocenters. The van der Waals surface area contributed by atoms with E-state index in [0.29, 0.717) is 16.4 Å². The van der Waals surface area contributed by atoms with Crippen molar-refractivity contribution < 1.29 is 4.42 Å². The second-order valence-corrected chi connectivity index (χ2v) is 8.74. The highest BCUT2D eigenvalue weighted by Gasteiger charge is 2.26. The maximum atomic E-state index is 12.1. The van der Waals surface area contributed by atoms with E-state index in [-0.39, 0.29) is 6.04 Å². The number of piperidine rings is 1. The van der Waals surface area contributed by atoms with Crippen LogP contribution in [0.5, 0.6) is 0 Å². The number of hydrogen-bond donors (Lipinski definition) is 2. The predicted molar refractivity (Wildman–Crippen MR) is 129 cm³/mol. The molecule has 0 spiro atoms. The molecule has 0 atom stereocenters. The third-order valence-electron chi connectivity index (χ3n) is 6.22. The lowest BCUT2D eigenvalue weighted by atomic mass is 10.0. The molecule has 3 aromatic carbocycles. The van der Waals surface area contributed by atoms with Gasteiger partial charge < -0.3 is 20.0 Å². The van der Waals surface area contributed by atoms with E-state index in [4.69, 9.17) is 16.0 Å². The van der Waals surface area contributed by atoms with Gasteiger partial charge in [0.2, 0.25) is 0 Å². The molecule has 6 nitrogen and oxygen atoms in total. The Hall–Kier alpha value is -3.09. The van der Waals surface area contributed by atoms with Gasteiger partial charge in [0, 0.05) is 41.8 Å². The van der Waals surface area contributed by atoms with Crippen LogP contribution in [-0.2, 0) is 6.42 Å². The quantitative estimate of drug-likeness (QED) is 0.403. The average molecular weight is 450 g/mol. The minimum Gasteiger partial charge on any atom is -0.464 e. The molecule has 0 saturated carbocycles. The van der Waals surface area contributed by atoms with Crippen LogP contribution in [0.15, 0.2) is 68.8 Å². The van der Waals surface area contributed by atoms with E-state index >= 15 is 0 Å². The molecule has 1 aromatic heterocycles. The summed E-state index contributed by atoms with van der Waals surface area (Å²) in [6.07, 6.45) is 4.65. The SMILES string of the molecule is O=c1c(Nc2ccc(Cl)cc2)c(NC2CCN(CCc3coc4ccccc34)CC2)c1=O. The lowest BCUT2D eigenvalue weighted by Gasteiger charge is -2.33. The van der Waals surface area contributed by atoms with E-state index in [0.717, 1.165) is 50.2 Å². The number of fused-ring (bicyclic) bond motifs is 1. The smallest absolute Gasteiger partial charge is 0.253 e. The third-order valence-corrected chi connectivity index (χ3v) is 6.47. The Balaban J connectivity index is 1.15. The van der Waals surface area contributed by atoms with Gasteiger partial charge >= 0.3 is 0 Å². The van der Waals surface area contributed by atoms with Gasteiger partial charge in [-0.3, -0.25) is 9.59 Å². The first-order valence-electron chi connectivity index (χ1n) is 10.9. The molecule has 4 aromatic rings. The van der Waals surface area contributed by atoms with Crippen LogP contribution < -0.4 is 21.5 Å². The topological polar surface area (TPSA) is 74.6 Å². The first-order valence-corrected chi connectivity index (χ1v) is 11.3. The lowest BCUT2D eigenvalue weighted by Crippen LogP contribution is -2.44. The van der Waals surface area contributed by atoms with Crippen molar-refractivity contribution in [2.45, 2.75) is 25.3 Å². The van der Waals surface area contributed by atoms with Crippen LogP contribution in [0.1, 0.15) is 18.4 Å². The second kappa shape index (κ2) is 8.81. The molecule has 1 aliphatic rings. The van der Waals surface area contributed by atoms with Crippen molar-refractivity contribution >= 4 is 39.6 Å². The van der Waals surface area contributed by atoms with Crippen molar-refractivity contribution in [1.29, 1.82) is 0 Å². The lowest BCUT2D eigenvalue weighted by molar-refractivity contribution is 0.221. The van der Waals surface area contributed by atoms with E-state index in [1.807, 2.05) is 24.5 Å². The summed E-state index contributed by atoms with van der Waals surface area (Å²) in [5, 5.41) is 8.17. The Morgan fingerprint density at radius 3 is 2.47 bits per heavy atom. The molecular formula is C25H24ClN3O3. The molecule has 0 radical (unpaired) electrons. The van der Waals surface area contributed by atoms with Gasteiger partial charge in [0.25, 0.3) is 10.9 Å². The molecule has 1 aliphatic heterocycles. The van der Waals surface area contributed by atoms with Gasteiger partial charge in [0.1, 0.15) is 17.0 Å². The Morgan fingerprint density at radius 2 is 1.69 bits per heavy atom. The van der Waals surface area contributed by atoms with Crippen LogP contribution in [0.3, 0.4) is 0 Å². The highest BCUT2D eigenvalue weighted by molar-refractivity contribution is 6.30. The number of hydrogen-bond acceptors (Lipinski definition) is 6. The van der Waals surface area contributed by atoms with Gasteiger partial charge in [-0.1, -0.05) is 29.8 Å². The maximum absolute atomic E-state index is 12.1. The summed E-state index contributed by atoms with van der Waals surface area (Å²) in [7, 11) is 0. The van der Waals surface area contributed by atoms with E-state index < -0.39 is 10.9 Å². The van der Waals surface area contributed by atoms with Crippen LogP contribution >= 0.6 is 11.6 Å². The third kappa shape index (κ3) is 4.16. The highest BCUT2D eigenvalue weighted by atomic mass is 35.5. The van der Waals surface area contributed by atoms with E-state index in [1.165, 1.54) is 10.9 Å². The normalized spacial score (nSPS) is 15.4. The van der Waals surface area contributed by atoms with Gasteiger partial charge in [-0.25, -0.2) is 0 Å². The fraction of sp³-hybridized carbons (Fsp3) is 0.280. The van der Waals surface area contributed by atoms with Gasteiger partial charge in [0.15, 0.2) is 0 Å². The summed E-state index contributed by atoms with van der Waals surface area (Å²) in [4.78, 5) is 26.7. The van der Waals surface area contributed by atoms with Gasteiger partial charge in [-0.2, -0.15) is 0 Å². The Labute approximate surface area is 190 Å². The molecule has 164 valence electrons. The van der Waals surface area contributed by atoms with Crippen LogP contribution in [0.4, 0.5) is 17.1 Å². The van der Waals surface area contributed by atoms with E-state index in [9.17, 15) is 9.59 Å². The van der Waals surface area contributed by atoms with Crippen LogP contribution in [0.2, 0.25) is 5.02 Å². The second-order valence-electron chi connectivity index (χ2n) is 8.31. The first kappa shape index (κ1) is 20.8. The fourth-order valence-electron chi connectivity index (χ4n) is 4.34. The molecule has 0 amide bonds. The standard InChI is InChI=1S/C25H24ClN3O3/c26-17-5-7-18(8-6-17)27-22-23(25(31)24(22)30)28-19-10-13-29(14-11-19)12-9-16-15-32-21-4-2-1-3-20(16)21/h1-8,15,19,27-28H,9-14H2. The first-order chi connectivity index (χ1) is 15.6. The molecule has 5 rings (SSSR count). The predicted octanol–water partition coefficient (Wildman–Crippen LogP) is 4.54. The summed E-state index contributed by atoms with van der Waals surface area (Å²) in [6.45, 7) is 2.87. The van der Waals surface area contributed by atoms with Crippen molar-refractivity contribution in [3.05, 3.63) is 85.8 Å². The summed E-state index contributed by atoms with van der Waals surface area (Å²) >= 11 is 5.91. The molecule has 7 heteroatoms. The average Bonchev–Trinajstić information content (AvgIpc) is 3.25. The number of anilines is 3. The zero-order chi connectivity index (χ0) is 22.1. The summed E-state index contributed by atoms with van der Waals surface area (Å²) < 4.78 is 5.64. The van der Waals surface area contributed by atoms with Crippen molar-refractivity contribution in [3.63, 3.8) is 0 Å². The summed E-state index contributed by atoms with van der Waals surface area (Å²) in [5.74, 6) is 0. The Bertz CT molecular complexity index is 1300. The van der Waals surface area contributed by atoms with Crippen LogP contribution in [-0.4, -0.2) is 30.6 Å². The molecule has 32 heavy (non-hydrogen) atoms. The zero-order valence-corrected chi connectivity index (χ0v) is 18.3. The van der Waals surface area contributed by atoms with Crippen molar-refractivity contribution in [1.82, 2.24) is 4.90 Å². The maximum Gasteiger partial charge on any atom is 0.253 e. The van der Waals surface area contributed by atoms with Gasteiger partial charge in [-0.15, -0.1) is 0 Å². The number of benzene rings is 2. The molecule has 2 heterocycles. The monoisotopic (exact) mass is 449 g/mol. The molecule has 0 aliphatic carbocycles. The van der Waals surface area contributed by atoms with Gasteiger partial charge in [0.05, 0.1) is 6.26 Å². The number of rotatable bonds is 7. The zero-order valence-electron chi connectivity index (χ0n) is 17.6. The van der Waals surface area contributed by atoms with Crippen molar-refractivity contribution in [3.8, 4) is 0 Å². The van der Waals surface area contributed by atoms with E-state index in [2.05, 4.69) is 21.6 Å². The molecular weight excluding hydrogens is 426 g/mol. The minimum absolute atomic E-state index is 0.176. The number of furan rings is 1. The number of halogens is 1. The fourth-order valence-corrected chi connectivity index (χ4v) is 4.46. The largest absolute Gasteiger partial charge is 0.464 e. The minimum atomic E-state index is -0.479. The molecule has 1 saturated heterocycles. The number of likely N-dealkylation sites (tertiary alicyclic amines) is 1. The van der Waals surface area contributed by atoms with E-state index in [1.54, 1.807) is 24.3 Å². The number of nitrogens with one attached hydrogen (secondary N) is 2. The molecule has 2 N–H and O–H groups in total. The summed E-state index contributed by atoms with van der Waals surface area (Å²) in [6, 6.07) is 15.3. The summed E-state index contributed by atoms with van der Waals surface area (Å²) in [5.41, 5.74) is 2.71. The molecule has 0 bridgehead atoms. The Morgan fingerprint density at radius 1 is 0.969 bits per heavy atom. The number of para-hydroxylation sites is 1. The number of nitrogens with zero attached hydrogens (tertiary/aromatic N) is 1. The molecule has 1 fully saturated rings. The van der Waals surface area contributed by atoms with Crippen molar-refractivity contribution in [2.24, 2.45) is 0 Å². The van der Waals surface area contributed by atoms with Gasteiger partial charge in [-0.05, 0) is 55.2 Å².